The number of aromatic amines is 1. The lowest BCUT2D eigenvalue weighted by Gasteiger charge is -2.17. The van der Waals surface area contributed by atoms with E-state index in [2.05, 4.69) is 15.0 Å². The van der Waals surface area contributed by atoms with Crippen molar-refractivity contribution in [3.8, 4) is 0 Å². The molecule has 0 aromatic carbocycles. The molecule has 1 aliphatic heterocycles. The van der Waals surface area contributed by atoms with E-state index in [-0.39, 0.29) is 11.9 Å². The fourth-order valence-electron chi connectivity index (χ4n) is 2.04. The van der Waals surface area contributed by atoms with Gasteiger partial charge in [0.05, 0.1) is 18.0 Å². The van der Waals surface area contributed by atoms with Gasteiger partial charge in [0.25, 0.3) is 5.56 Å². The van der Waals surface area contributed by atoms with Crippen molar-refractivity contribution < 1.29 is 5.11 Å². The zero-order chi connectivity index (χ0) is 14.0. The molecule has 1 aromatic rings. The van der Waals surface area contributed by atoms with Gasteiger partial charge in [-0.05, 0) is 18.9 Å². The Morgan fingerprint density at radius 3 is 3.05 bits per heavy atom. The molecule has 1 fully saturated rings. The summed E-state index contributed by atoms with van der Waals surface area (Å²) in [4.78, 5) is 28.2. The van der Waals surface area contributed by atoms with Gasteiger partial charge >= 0.3 is 5.69 Å². The van der Waals surface area contributed by atoms with Crippen molar-refractivity contribution in [3.63, 3.8) is 0 Å². The molecule has 0 aliphatic carbocycles. The third-order valence-electron chi connectivity index (χ3n) is 2.99. The van der Waals surface area contributed by atoms with Gasteiger partial charge in [-0.1, -0.05) is 5.11 Å². The summed E-state index contributed by atoms with van der Waals surface area (Å²) < 4.78 is 1.36. The van der Waals surface area contributed by atoms with Crippen LogP contribution in [0.3, 0.4) is 0 Å². The predicted molar refractivity (Wildman–Crippen MR) is 71.1 cm³/mol. The van der Waals surface area contributed by atoms with Gasteiger partial charge in [0, 0.05) is 21.9 Å². The van der Waals surface area contributed by atoms with Gasteiger partial charge < -0.3 is 5.11 Å². The van der Waals surface area contributed by atoms with Crippen molar-refractivity contribution in [1.82, 2.24) is 9.55 Å². The van der Waals surface area contributed by atoms with Gasteiger partial charge in [-0.3, -0.25) is 14.3 Å². The number of aryl methyl sites for hydroxylation is 1. The first-order valence-electron chi connectivity index (χ1n) is 5.69. The van der Waals surface area contributed by atoms with Crippen molar-refractivity contribution in [3.05, 3.63) is 43.0 Å². The third kappa shape index (κ3) is 2.67. The van der Waals surface area contributed by atoms with Crippen LogP contribution in [-0.4, -0.2) is 32.6 Å². The van der Waals surface area contributed by atoms with Crippen LogP contribution >= 0.6 is 11.8 Å². The summed E-state index contributed by atoms with van der Waals surface area (Å²) in [5.74, 6) is 0. The number of aliphatic hydroxyl groups is 1. The average Bonchev–Trinajstić information content (AvgIpc) is 2.77. The number of azide groups is 1. The smallest absolute Gasteiger partial charge is 0.329 e. The Morgan fingerprint density at radius 1 is 1.68 bits per heavy atom. The first kappa shape index (κ1) is 13.7. The fourth-order valence-corrected chi connectivity index (χ4v) is 3.47. The molecule has 0 radical (unpaired) electrons. The van der Waals surface area contributed by atoms with E-state index in [1.165, 1.54) is 22.5 Å². The molecule has 102 valence electrons. The van der Waals surface area contributed by atoms with Gasteiger partial charge in [-0.25, -0.2) is 4.79 Å². The van der Waals surface area contributed by atoms with Crippen LogP contribution in [-0.2, 0) is 0 Å². The van der Waals surface area contributed by atoms with E-state index in [9.17, 15) is 14.7 Å². The lowest BCUT2D eigenvalue weighted by atomic mass is 10.1. The maximum absolute atomic E-state index is 11.8. The Bertz CT molecular complexity index is 633. The molecule has 2 N–H and O–H groups in total. The van der Waals surface area contributed by atoms with Crippen LogP contribution in [0.15, 0.2) is 20.9 Å². The molecule has 0 amide bonds. The zero-order valence-electron chi connectivity index (χ0n) is 10.2. The number of aromatic nitrogens is 2. The molecule has 2 heterocycles. The van der Waals surface area contributed by atoms with E-state index < -0.39 is 22.7 Å². The molecule has 19 heavy (non-hydrogen) atoms. The van der Waals surface area contributed by atoms with Gasteiger partial charge in [-0.2, -0.15) is 0 Å². The standard InChI is InChI=1S/C10H13N5O3S/c1-5-3-15(10(18)12-8(5)17)9-7(13-14-11)2-6(4-16)19-9/h3,6-7,9,16H,2,4H2,1H3,(H,12,17,18)/t6-,7+,9+/m1/s1. The van der Waals surface area contributed by atoms with Crippen molar-refractivity contribution >= 4 is 11.8 Å². The highest BCUT2D eigenvalue weighted by Gasteiger charge is 2.36. The average molecular weight is 283 g/mol. The number of aliphatic hydroxyl groups excluding tert-OH is 1. The quantitative estimate of drug-likeness (QED) is 0.476. The van der Waals surface area contributed by atoms with Gasteiger partial charge in [0.2, 0.25) is 0 Å². The topological polar surface area (TPSA) is 124 Å². The van der Waals surface area contributed by atoms with E-state index in [4.69, 9.17) is 5.53 Å². The number of H-pyrrole nitrogens is 1. The molecule has 1 aliphatic rings. The first-order valence-corrected chi connectivity index (χ1v) is 6.63. The Balaban J connectivity index is 2.44. The SMILES string of the molecule is Cc1cn([C@H]2S[C@@H](CO)C[C@@H]2N=[N+]=[N-])c(=O)[nH]c1=O. The number of hydrogen-bond donors (Lipinski definition) is 2. The second-order valence-electron chi connectivity index (χ2n) is 4.32. The maximum Gasteiger partial charge on any atom is 0.329 e. The molecule has 1 aromatic heterocycles. The summed E-state index contributed by atoms with van der Waals surface area (Å²) in [6, 6.07) is -0.421. The van der Waals surface area contributed by atoms with Crippen molar-refractivity contribution in [1.29, 1.82) is 0 Å². The molecule has 3 atom stereocenters. The normalized spacial score (nSPS) is 26.1. The van der Waals surface area contributed by atoms with Crippen LogP contribution in [0.2, 0.25) is 0 Å². The van der Waals surface area contributed by atoms with E-state index in [1.807, 2.05) is 0 Å². The first-order chi connectivity index (χ1) is 9.06. The molecule has 0 bridgehead atoms. The summed E-state index contributed by atoms with van der Waals surface area (Å²) >= 11 is 1.37. The zero-order valence-corrected chi connectivity index (χ0v) is 11.0. The highest BCUT2D eigenvalue weighted by atomic mass is 32.2. The summed E-state index contributed by atoms with van der Waals surface area (Å²) in [5, 5.41) is 12.4. The minimum Gasteiger partial charge on any atom is -0.395 e. The van der Waals surface area contributed by atoms with Crippen LogP contribution in [0, 0.1) is 6.92 Å². The molecule has 0 saturated carbocycles. The Kier molecular flexibility index (Phi) is 3.98. The minimum atomic E-state index is -0.537. The van der Waals surface area contributed by atoms with E-state index in [0.717, 1.165) is 0 Å². The van der Waals surface area contributed by atoms with E-state index in [0.29, 0.717) is 12.0 Å². The number of nitrogens with one attached hydrogen (secondary N) is 1. The van der Waals surface area contributed by atoms with Gasteiger partial charge in [-0.15, -0.1) is 11.8 Å². The predicted octanol–water partition coefficient (Wildman–Crippen LogP) is 0.520. The second-order valence-corrected chi connectivity index (χ2v) is 5.74. The number of rotatable bonds is 3. The van der Waals surface area contributed by atoms with E-state index >= 15 is 0 Å². The van der Waals surface area contributed by atoms with Crippen LogP contribution < -0.4 is 11.2 Å². The summed E-state index contributed by atoms with van der Waals surface area (Å²) in [5.41, 5.74) is 8.00. The molecule has 0 spiro atoms. The molecule has 2 rings (SSSR count). The Hall–Kier alpha value is -1.70. The molecule has 0 unspecified atom stereocenters. The van der Waals surface area contributed by atoms with Crippen molar-refractivity contribution in [2.24, 2.45) is 5.11 Å². The summed E-state index contributed by atoms with van der Waals surface area (Å²) in [6.07, 6.45) is 1.96. The van der Waals surface area contributed by atoms with Crippen LogP contribution in [0.25, 0.3) is 10.4 Å². The fraction of sp³-hybridized carbons (Fsp3) is 0.600. The minimum absolute atomic E-state index is 0.0459. The molecule has 8 nitrogen and oxygen atoms in total. The van der Waals surface area contributed by atoms with Crippen LogP contribution in [0.5, 0.6) is 0 Å². The molecule has 1 saturated heterocycles. The van der Waals surface area contributed by atoms with Gasteiger partial charge in [0.15, 0.2) is 0 Å². The largest absolute Gasteiger partial charge is 0.395 e. The monoisotopic (exact) mass is 283 g/mol. The molecular formula is C10H13N5O3S. The third-order valence-corrected chi connectivity index (χ3v) is 4.54. The highest BCUT2D eigenvalue weighted by Crippen LogP contribution is 2.42. The van der Waals surface area contributed by atoms with Crippen LogP contribution in [0.4, 0.5) is 0 Å². The highest BCUT2D eigenvalue weighted by molar-refractivity contribution is 8.00. The summed E-state index contributed by atoms with van der Waals surface area (Å²) in [7, 11) is 0. The second kappa shape index (κ2) is 5.52. The number of hydrogen-bond acceptors (Lipinski definition) is 5. The van der Waals surface area contributed by atoms with Crippen molar-refractivity contribution in [2.75, 3.05) is 6.61 Å². The molecular weight excluding hydrogens is 270 g/mol. The number of thioether (sulfide) groups is 1. The Morgan fingerprint density at radius 2 is 2.42 bits per heavy atom. The van der Waals surface area contributed by atoms with Crippen molar-refractivity contribution in [2.45, 2.75) is 30.0 Å². The lowest BCUT2D eigenvalue weighted by Crippen LogP contribution is -2.34. The lowest BCUT2D eigenvalue weighted by molar-refractivity contribution is 0.289. The number of nitrogens with zero attached hydrogens (tertiary/aromatic N) is 4. The Labute approximate surface area is 112 Å². The van der Waals surface area contributed by atoms with Gasteiger partial charge in [0.1, 0.15) is 0 Å². The summed E-state index contributed by atoms with van der Waals surface area (Å²) in [6.45, 7) is 1.55. The maximum atomic E-state index is 11.8. The van der Waals surface area contributed by atoms with Crippen LogP contribution in [0.1, 0.15) is 17.4 Å². The molecule has 9 heteroatoms. The van der Waals surface area contributed by atoms with E-state index in [1.54, 1.807) is 6.92 Å².